The molecule has 64 valence electrons. The Kier molecular flexibility index (Phi) is 12.9. The van der Waals surface area contributed by atoms with Crippen molar-refractivity contribution in [2.45, 2.75) is 39.8 Å². The van der Waals surface area contributed by atoms with Crippen LogP contribution >= 0.6 is 20.8 Å². The Morgan fingerprint density at radius 2 is 1.40 bits per heavy atom. The van der Waals surface area contributed by atoms with Crippen molar-refractivity contribution in [1.29, 1.82) is 0 Å². The highest BCUT2D eigenvalue weighted by atomic mass is 35.5. The SMILES string of the molecule is CC(C)NC(C)C.PCCl. The van der Waals surface area contributed by atoms with Gasteiger partial charge in [0, 0.05) is 17.7 Å². The first-order chi connectivity index (χ1) is 4.54. The maximum Gasteiger partial charge on any atom is 0.0366 e. The summed E-state index contributed by atoms with van der Waals surface area (Å²) in [5.41, 5.74) is 0.639. The average Bonchev–Trinajstić information content (AvgIpc) is 1.62. The molecule has 0 aliphatic carbocycles. The monoisotopic (exact) mass is 183 g/mol. The first kappa shape index (κ1) is 13.3. The van der Waals surface area contributed by atoms with Gasteiger partial charge in [0.15, 0.2) is 0 Å². The Balaban J connectivity index is 0. The van der Waals surface area contributed by atoms with E-state index in [4.69, 9.17) is 11.6 Å². The maximum absolute atomic E-state index is 4.96. The minimum atomic E-state index is 0.625. The van der Waals surface area contributed by atoms with E-state index >= 15 is 0 Å². The van der Waals surface area contributed by atoms with Crippen molar-refractivity contribution in [3.8, 4) is 0 Å². The van der Waals surface area contributed by atoms with Gasteiger partial charge in [0.1, 0.15) is 0 Å². The first-order valence-electron chi connectivity index (χ1n) is 3.56. The topological polar surface area (TPSA) is 12.0 Å². The predicted octanol–water partition coefficient (Wildman–Crippen LogP) is 2.45. The predicted molar refractivity (Wildman–Crippen MR) is 53.8 cm³/mol. The highest BCUT2D eigenvalue weighted by Crippen LogP contribution is 1.80. The van der Waals surface area contributed by atoms with Crippen LogP contribution in [0.3, 0.4) is 0 Å². The van der Waals surface area contributed by atoms with Gasteiger partial charge in [-0.25, -0.2) is 0 Å². The molecule has 0 spiro atoms. The van der Waals surface area contributed by atoms with Gasteiger partial charge >= 0.3 is 0 Å². The normalized spacial score (nSPS) is 9.60. The molecule has 0 aromatic carbocycles. The number of hydrogen-bond acceptors (Lipinski definition) is 1. The van der Waals surface area contributed by atoms with E-state index < -0.39 is 0 Å². The van der Waals surface area contributed by atoms with Gasteiger partial charge in [-0.3, -0.25) is 0 Å². The van der Waals surface area contributed by atoms with E-state index in [-0.39, 0.29) is 0 Å². The lowest BCUT2D eigenvalue weighted by Gasteiger charge is -2.10. The lowest BCUT2D eigenvalue weighted by atomic mass is 10.3. The Hall–Kier alpha value is 0.680. The molecule has 0 heterocycles. The maximum atomic E-state index is 4.96. The molecule has 1 N–H and O–H groups in total. The second kappa shape index (κ2) is 9.68. The molecule has 0 saturated heterocycles. The molecule has 10 heavy (non-hydrogen) atoms. The van der Waals surface area contributed by atoms with Crippen molar-refractivity contribution in [3.63, 3.8) is 0 Å². The second-order valence-corrected chi connectivity index (χ2v) is 3.86. The van der Waals surface area contributed by atoms with Crippen molar-refractivity contribution in [2.75, 3.05) is 5.62 Å². The Morgan fingerprint density at radius 3 is 1.40 bits per heavy atom. The highest BCUT2D eigenvalue weighted by Gasteiger charge is 1.92. The molecule has 0 rings (SSSR count). The molecule has 0 aliphatic heterocycles. The Labute approximate surface area is 72.1 Å². The van der Waals surface area contributed by atoms with E-state index in [9.17, 15) is 0 Å². The molecule has 0 fully saturated rings. The van der Waals surface area contributed by atoms with Crippen LogP contribution in [0.2, 0.25) is 0 Å². The zero-order valence-electron chi connectivity index (χ0n) is 7.32. The molecule has 0 saturated carbocycles. The average molecular weight is 184 g/mol. The van der Waals surface area contributed by atoms with Crippen LogP contribution < -0.4 is 5.32 Å². The van der Waals surface area contributed by atoms with Gasteiger partial charge < -0.3 is 5.32 Å². The van der Waals surface area contributed by atoms with E-state index in [1.54, 1.807) is 0 Å². The van der Waals surface area contributed by atoms with Gasteiger partial charge in [-0.15, -0.1) is 20.8 Å². The summed E-state index contributed by atoms with van der Waals surface area (Å²) in [6.07, 6.45) is 0. The summed E-state index contributed by atoms with van der Waals surface area (Å²) in [6.45, 7) is 8.61. The number of rotatable bonds is 2. The van der Waals surface area contributed by atoms with E-state index in [1.165, 1.54) is 0 Å². The summed E-state index contributed by atoms with van der Waals surface area (Å²) >= 11 is 4.96. The second-order valence-electron chi connectivity index (χ2n) is 2.63. The zero-order valence-corrected chi connectivity index (χ0v) is 9.23. The van der Waals surface area contributed by atoms with Crippen LogP contribution in [0.1, 0.15) is 27.7 Å². The molecular formula is C7H19ClNP. The number of halogens is 1. The van der Waals surface area contributed by atoms with E-state index in [1.807, 2.05) is 0 Å². The van der Waals surface area contributed by atoms with Crippen LogP contribution in [-0.4, -0.2) is 17.7 Å². The zero-order chi connectivity index (χ0) is 8.57. The van der Waals surface area contributed by atoms with Gasteiger partial charge in [0.05, 0.1) is 0 Å². The molecule has 3 heteroatoms. The molecule has 1 nitrogen and oxygen atoms in total. The standard InChI is InChI=1S/C6H15N.CH4ClP/c1-5(2)7-6(3)4;2-1-3/h5-7H,1-4H3;1,3H2. The van der Waals surface area contributed by atoms with Crippen molar-refractivity contribution >= 4 is 20.8 Å². The van der Waals surface area contributed by atoms with Gasteiger partial charge in [-0.1, -0.05) is 27.7 Å². The minimum Gasteiger partial charge on any atom is -0.312 e. The van der Waals surface area contributed by atoms with E-state index in [2.05, 4.69) is 42.3 Å². The largest absolute Gasteiger partial charge is 0.312 e. The lowest BCUT2D eigenvalue weighted by Crippen LogP contribution is -2.29. The number of nitrogens with one attached hydrogen (secondary N) is 1. The van der Waals surface area contributed by atoms with Crippen molar-refractivity contribution < 1.29 is 0 Å². The summed E-state index contributed by atoms with van der Waals surface area (Å²) in [5.74, 6) is 0. The summed E-state index contributed by atoms with van der Waals surface area (Å²) in [5, 5.41) is 3.31. The number of alkyl halides is 1. The molecule has 0 aromatic heterocycles. The van der Waals surface area contributed by atoms with Gasteiger partial charge in [-0.05, 0) is 0 Å². The van der Waals surface area contributed by atoms with Gasteiger partial charge in [-0.2, -0.15) is 0 Å². The molecule has 0 aliphatic rings. The van der Waals surface area contributed by atoms with E-state index in [0.29, 0.717) is 17.7 Å². The first-order valence-corrected chi connectivity index (χ1v) is 4.91. The summed E-state index contributed by atoms with van der Waals surface area (Å²) in [6, 6.07) is 1.25. The van der Waals surface area contributed by atoms with Crippen molar-refractivity contribution in [3.05, 3.63) is 0 Å². The summed E-state index contributed by atoms with van der Waals surface area (Å²) < 4.78 is 0. The van der Waals surface area contributed by atoms with Crippen LogP contribution in [0.5, 0.6) is 0 Å². The van der Waals surface area contributed by atoms with Crippen LogP contribution in [0.15, 0.2) is 0 Å². The molecule has 1 unspecified atom stereocenters. The molecule has 0 aromatic rings. The third-order valence-electron chi connectivity index (χ3n) is 0.667. The van der Waals surface area contributed by atoms with Crippen LogP contribution in [0, 0.1) is 0 Å². The molecule has 1 atom stereocenters. The fraction of sp³-hybridized carbons (Fsp3) is 1.00. The quantitative estimate of drug-likeness (QED) is 0.512. The van der Waals surface area contributed by atoms with Crippen LogP contribution in [0.25, 0.3) is 0 Å². The van der Waals surface area contributed by atoms with Crippen molar-refractivity contribution in [1.82, 2.24) is 5.32 Å². The molecule has 0 radical (unpaired) electrons. The summed E-state index contributed by atoms with van der Waals surface area (Å²) in [4.78, 5) is 0. The Bertz CT molecular complexity index is 51.6. The third-order valence-corrected chi connectivity index (χ3v) is 0.667. The van der Waals surface area contributed by atoms with E-state index in [0.717, 1.165) is 0 Å². The van der Waals surface area contributed by atoms with Gasteiger partial charge in [0.2, 0.25) is 0 Å². The summed E-state index contributed by atoms with van der Waals surface area (Å²) in [7, 11) is 2.34. The lowest BCUT2D eigenvalue weighted by molar-refractivity contribution is 0.518. The highest BCUT2D eigenvalue weighted by molar-refractivity contribution is 7.19. The fourth-order valence-corrected chi connectivity index (χ4v) is 0.667. The number of hydrogen-bond donors (Lipinski definition) is 1. The smallest absolute Gasteiger partial charge is 0.0366 e. The molecular weight excluding hydrogens is 165 g/mol. The van der Waals surface area contributed by atoms with Crippen LogP contribution in [-0.2, 0) is 0 Å². The third kappa shape index (κ3) is 23.4. The minimum absolute atomic E-state index is 0.625. The van der Waals surface area contributed by atoms with Gasteiger partial charge in [0.25, 0.3) is 0 Å². The Morgan fingerprint density at radius 1 is 1.20 bits per heavy atom. The molecule has 0 amide bonds. The van der Waals surface area contributed by atoms with Crippen LogP contribution in [0.4, 0.5) is 0 Å². The fourth-order valence-electron chi connectivity index (χ4n) is 0.667. The van der Waals surface area contributed by atoms with Crippen molar-refractivity contribution in [2.24, 2.45) is 0 Å². The molecule has 0 bridgehead atoms.